The maximum absolute atomic E-state index is 13.2. The average Bonchev–Trinajstić information content (AvgIpc) is 3.24. The summed E-state index contributed by atoms with van der Waals surface area (Å²) in [5.74, 6) is -0.548. The van der Waals surface area contributed by atoms with Crippen LogP contribution in [0.4, 0.5) is 0 Å². The minimum absolute atomic E-state index is 0.0398. The molecule has 6 nitrogen and oxygen atoms in total. The topological polar surface area (TPSA) is 95.9 Å². The molecule has 0 saturated heterocycles. The highest BCUT2D eigenvalue weighted by molar-refractivity contribution is 5.77. The average molecular weight is 840 g/mol. The maximum atomic E-state index is 13.2. The first-order valence-electron chi connectivity index (χ1n) is 25.6. The van der Waals surface area contributed by atoms with Crippen molar-refractivity contribution >= 4 is 11.9 Å². The zero-order chi connectivity index (χ0) is 43.8. The normalized spacial score (nSPS) is 13.8. The van der Waals surface area contributed by atoms with Crippen LogP contribution >= 0.6 is 0 Å². The predicted molar refractivity (Wildman–Crippen MR) is 259 cm³/mol. The molecule has 0 aromatic carbocycles. The lowest BCUT2D eigenvalue weighted by Gasteiger charge is -2.24. The molecule has 0 saturated carbocycles. The van der Waals surface area contributed by atoms with Crippen molar-refractivity contribution in [2.45, 2.75) is 264 Å². The van der Waals surface area contributed by atoms with Gasteiger partial charge < -0.3 is 20.3 Å². The van der Waals surface area contributed by atoms with Crippen molar-refractivity contribution in [3.05, 3.63) is 60.8 Å². The molecule has 0 radical (unpaired) electrons. The van der Waals surface area contributed by atoms with E-state index >= 15 is 0 Å². The molecule has 60 heavy (non-hydrogen) atoms. The number of unbranched alkanes of at least 4 members (excludes halogenated alkanes) is 26. The molecule has 3 N–H and O–H groups in total. The van der Waals surface area contributed by atoms with Crippen LogP contribution in [-0.4, -0.2) is 46.9 Å². The van der Waals surface area contributed by atoms with Gasteiger partial charge in [0.1, 0.15) is 6.10 Å². The molecular weight excluding hydrogens is 743 g/mol. The molecule has 0 rings (SSSR count). The third kappa shape index (κ3) is 42.3. The summed E-state index contributed by atoms with van der Waals surface area (Å²) < 4.78 is 5.88. The van der Waals surface area contributed by atoms with Gasteiger partial charge in [0.05, 0.1) is 25.2 Å². The summed E-state index contributed by atoms with van der Waals surface area (Å²) >= 11 is 0. The van der Waals surface area contributed by atoms with Crippen LogP contribution in [0.5, 0.6) is 0 Å². The van der Waals surface area contributed by atoms with Gasteiger partial charge >= 0.3 is 5.97 Å². The molecule has 0 bridgehead atoms. The van der Waals surface area contributed by atoms with Gasteiger partial charge in [-0.25, -0.2) is 0 Å². The summed E-state index contributed by atoms with van der Waals surface area (Å²) in [4.78, 5) is 26.1. The van der Waals surface area contributed by atoms with E-state index in [1.165, 1.54) is 128 Å². The minimum atomic E-state index is -0.802. The van der Waals surface area contributed by atoms with E-state index < -0.39 is 18.2 Å². The van der Waals surface area contributed by atoms with Crippen molar-refractivity contribution in [3.63, 3.8) is 0 Å². The lowest BCUT2D eigenvalue weighted by molar-refractivity contribution is -0.151. The van der Waals surface area contributed by atoms with E-state index in [-0.39, 0.29) is 24.9 Å². The number of amides is 1. The van der Waals surface area contributed by atoms with Gasteiger partial charge in [-0.2, -0.15) is 0 Å². The molecule has 348 valence electrons. The second kappa shape index (κ2) is 47.6. The van der Waals surface area contributed by atoms with E-state index in [0.29, 0.717) is 19.3 Å². The summed E-state index contributed by atoms with van der Waals surface area (Å²) in [6.45, 7) is 6.33. The Hall–Kier alpha value is -2.44. The molecule has 1 amide bonds. The third-order valence-corrected chi connectivity index (χ3v) is 11.4. The van der Waals surface area contributed by atoms with E-state index in [2.05, 4.69) is 56.5 Å². The van der Waals surface area contributed by atoms with E-state index in [1.54, 1.807) is 0 Å². The number of allylic oxidation sites excluding steroid dienone is 10. The van der Waals surface area contributed by atoms with Crippen molar-refractivity contribution in [2.24, 2.45) is 0 Å². The fourth-order valence-corrected chi connectivity index (χ4v) is 7.56. The lowest BCUT2D eigenvalue weighted by Crippen LogP contribution is -2.46. The van der Waals surface area contributed by atoms with Crippen molar-refractivity contribution in [1.29, 1.82) is 0 Å². The Morgan fingerprint density at radius 2 is 0.933 bits per heavy atom. The van der Waals surface area contributed by atoms with E-state index in [0.717, 1.165) is 70.6 Å². The van der Waals surface area contributed by atoms with Gasteiger partial charge in [0.2, 0.25) is 5.91 Å². The molecule has 0 aliphatic heterocycles. The van der Waals surface area contributed by atoms with Gasteiger partial charge in [0.15, 0.2) is 0 Å². The number of carbonyl (C=O) groups excluding carboxylic acids is 2. The SMILES string of the molecule is CC/C=C/C=C/C=C\C=C/CCCCCC(=O)OC(CCC/C=C\CCCCCCCCC)CC(=O)NC(CO)C(O)CCCCCCCCCCCCCCCCCC. The Morgan fingerprint density at radius 3 is 1.45 bits per heavy atom. The zero-order valence-corrected chi connectivity index (χ0v) is 39.6. The van der Waals surface area contributed by atoms with Crippen LogP contribution in [0.1, 0.15) is 245 Å². The van der Waals surface area contributed by atoms with Gasteiger partial charge in [0.25, 0.3) is 0 Å². The summed E-state index contributed by atoms with van der Waals surface area (Å²) in [6, 6.07) is -0.719. The Kier molecular flexibility index (Phi) is 45.7. The molecule has 0 aromatic heterocycles. The molecule has 0 spiro atoms. The second-order valence-electron chi connectivity index (χ2n) is 17.3. The molecule has 0 fully saturated rings. The van der Waals surface area contributed by atoms with Crippen LogP contribution in [0.25, 0.3) is 0 Å². The van der Waals surface area contributed by atoms with Crippen molar-refractivity contribution in [1.82, 2.24) is 5.32 Å². The molecule has 3 unspecified atom stereocenters. The molecule has 0 aliphatic carbocycles. The molecule has 0 heterocycles. The first-order chi connectivity index (χ1) is 29.5. The second-order valence-corrected chi connectivity index (χ2v) is 17.3. The van der Waals surface area contributed by atoms with E-state index in [9.17, 15) is 19.8 Å². The van der Waals surface area contributed by atoms with Crippen LogP contribution in [0.2, 0.25) is 0 Å². The Morgan fingerprint density at radius 1 is 0.500 bits per heavy atom. The van der Waals surface area contributed by atoms with Crippen molar-refractivity contribution in [2.75, 3.05) is 6.61 Å². The first-order valence-corrected chi connectivity index (χ1v) is 25.6. The van der Waals surface area contributed by atoms with Gasteiger partial charge in [-0.1, -0.05) is 229 Å². The van der Waals surface area contributed by atoms with Crippen molar-refractivity contribution < 1.29 is 24.5 Å². The Bertz CT molecular complexity index is 1080. The largest absolute Gasteiger partial charge is 0.462 e. The molecule has 0 aromatic rings. The summed E-state index contributed by atoms with van der Waals surface area (Å²) in [6.07, 6.45) is 58.6. The number of aliphatic hydroxyl groups is 2. The van der Waals surface area contributed by atoms with E-state index in [1.807, 2.05) is 30.4 Å². The van der Waals surface area contributed by atoms with Crippen LogP contribution in [0.3, 0.4) is 0 Å². The number of aliphatic hydroxyl groups excluding tert-OH is 2. The number of esters is 1. The molecular formula is C54H97NO5. The highest BCUT2D eigenvalue weighted by Gasteiger charge is 2.24. The fraction of sp³-hybridized carbons (Fsp3) is 0.778. The van der Waals surface area contributed by atoms with Crippen LogP contribution in [-0.2, 0) is 14.3 Å². The highest BCUT2D eigenvalue weighted by Crippen LogP contribution is 2.17. The maximum Gasteiger partial charge on any atom is 0.306 e. The number of nitrogens with one attached hydrogen (secondary N) is 1. The van der Waals surface area contributed by atoms with Crippen LogP contribution in [0, 0.1) is 0 Å². The monoisotopic (exact) mass is 840 g/mol. The molecule has 6 heteroatoms. The fourth-order valence-electron chi connectivity index (χ4n) is 7.56. The minimum Gasteiger partial charge on any atom is -0.462 e. The summed E-state index contributed by atoms with van der Waals surface area (Å²) in [5, 5.41) is 23.8. The third-order valence-electron chi connectivity index (χ3n) is 11.4. The molecule has 0 aliphatic rings. The summed E-state index contributed by atoms with van der Waals surface area (Å²) in [7, 11) is 0. The van der Waals surface area contributed by atoms with Gasteiger partial charge in [0, 0.05) is 6.42 Å². The predicted octanol–water partition coefficient (Wildman–Crippen LogP) is 15.2. The van der Waals surface area contributed by atoms with Gasteiger partial charge in [-0.15, -0.1) is 0 Å². The number of hydrogen-bond acceptors (Lipinski definition) is 5. The first kappa shape index (κ1) is 57.6. The van der Waals surface area contributed by atoms with E-state index in [4.69, 9.17) is 4.74 Å². The smallest absolute Gasteiger partial charge is 0.306 e. The summed E-state index contributed by atoms with van der Waals surface area (Å²) in [5.41, 5.74) is 0. The molecule has 3 atom stereocenters. The zero-order valence-electron chi connectivity index (χ0n) is 39.6. The van der Waals surface area contributed by atoms with Crippen molar-refractivity contribution in [3.8, 4) is 0 Å². The van der Waals surface area contributed by atoms with Gasteiger partial charge in [-0.3, -0.25) is 9.59 Å². The van der Waals surface area contributed by atoms with Crippen LogP contribution in [0.15, 0.2) is 60.8 Å². The number of carbonyl (C=O) groups is 2. The van der Waals surface area contributed by atoms with Gasteiger partial charge in [-0.05, 0) is 64.2 Å². The standard InChI is InChI=1S/C54H97NO5/c1-4-7-10-13-16-19-22-25-26-27-29-31-34-37-40-43-46-52(57)51(49-56)55-53(58)48-50(45-42-39-36-33-30-24-21-18-15-12-9-6-3)60-54(59)47-44-41-38-35-32-28-23-20-17-14-11-8-5-2/h8,11,14,17,20,23,28,32-33,36,50-52,56-57H,4-7,9-10,12-13,15-16,18-19,21-22,24-27,29-31,34-35,37-49H2,1-3H3,(H,55,58)/b11-8+,17-14+,23-20-,32-28-,36-33-. The Labute approximate surface area is 371 Å². The Balaban J connectivity index is 4.60. The highest BCUT2D eigenvalue weighted by atomic mass is 16.5. The number of rotatable bonds is 45. The lowest BCUT2D eigenvalue weighted by atomic mass is 10.0. The quantitative estimate of drug-likeness (QED) is 0.0246. The van der Waals surface area contributed by atoms with Crippen LogP contribution < -0.4 is 5.32 Å². The number of hydrogen-bond donors (Lipinski definition) is 3. The number of ether oxygens (including phenoxy) is 1.